The van der Waals surface area contributed by atoms with Gasteiger partial charge in [-0.1, -0.05) is 79.9 Å². The van der Waals surface area contributed by atoms with Crippen molar-refractivity contribution in [3.8, 4) is 5.75 Å². The van der Waals surface area contributed by atoms with E-state index in [2.05, 4.69) is 5.32 Å². The number of nitrogens with one attached hydrogen (secondary N) is 1. The number of hydrogen-bond acceptors (Lipinski definition) is 4. The van der Waals surface area contributed by atoms with Crippen molar-refractivity contribution in [1.82, 2.24) is 4.90 Å². The molecule has 2 atom stereocenters. The second kappa shape index (κ2) is 11.5. The van der Waals surface area contributed by atoms with Crippen LogP contribution in [0.1, 0.15) is 59.7 Å². The summed E-state index contributed by atoms with van der Waals surface area (Å²) in [5, 5.41) is 2.99. The molecule has 2 amide bonds. The molecule has 5 rings (SSSR count). The number of carbonyl (C=O) groups is 2. The molecule has 2 aliphatic rings. The van der Waals surface area contributed by atoms with Crippen LogP contribution in [0.25, 0.3) is 0 Å². The van der Waals surface area contributed by atoms with Crippen LogP contribution in [0, 0.1) is 11.8 Å². The molecular formula is C31H34N2O4. The standard InChI is InChI=1S/C31H34N2O4/c1-36-30(34)27-20-26(32-31(35)33-19-18-22-10-8-9-15-25(22)21-33)16-17-28(27)37-29(23-11-4-2-5-12-23)24-13-6-3-7-14-24/h2-7,11-14,16-17,20,22,25,29H,8-10,15,18-19,21H2,1H3,(H,32,35). The lowest BCUT2D eigenvalue weighted by molar-refractivity contribution is 0.0594. The van der Waals surface area contributed by atoms with Crippen LogP contribution in [-0.4, -0.2) is 37.1 Å². The molecule has 1 aliphatic heterocycles. The summed E-state index contributed by atoms with van der Waals surface area (Å²) in [6.45, 7) is 1.57. The number of likely N-dealkylation sites (tertiary alicyclic amines) is 1. The zero-order valence-electron chi connectivity index (χ0n) is 21.3. The lowest BCUT2D eigenvalue weighted by Crippen LogP contribution is -2.46. The molecule has 0 radical (unpaired) electrons. The first-order valence-electron chi connectivity index (χ1n) is 13.2. The Morgan fingerprint density at radius 3 is 2.16 bits per heavy atom. The first kappa shape index (κ1) is 24.9. The first-order valence-corrected chi connectivity index (χ1v) is 13.2. The van der Waals surface area contributed by atoms with Gasteiger partial charge < -0.3 is 19.7 Å². The van der Waals surface area contributed by atoms with E-state index in [1.165, 1.54) is 32.8 Å². The van der Waals surface area contributed by atoms with Crippen LogP contribution >= 0.6 is 0 Å². The normalized spacial score (nSPS) is 19.1. The summed E-state index contributed by atoms with van der Waals surface area (Å²) in [6, 6.07) is 24.8. The van der Waals surface area contributed by atoms with Crippen molar-refractivity contribution in [3.63, 3.8) is 0 Å². The molecule has 37 heavy (non-hydrogen) atoms. The summed E-state index contributed by atoms with van der Waals surface area (Å²) in [5.41, 5.74) is 2.74. The summed E-state index contributed by atoms with van der Waals surface area (Å²) in [7, 11) is 1.34. The molecule has 0 spiro atoms. The van der Waals surface area contributed by atoms with Gasteiger partial charge in [0.15, 0.2) is 0 Å². The van der Waals surface area contributed by atoms with E-state index < -0.39 is 12.1 Å². The van der Waals surface area contributed by atoms with Gasteiger partial charge in [-0.15, -0.1) is 0 Å². The third-order valence-electron chi connectivity index (χ3n) is 7.66. The molecule has 1 heterocycles. The van der Waals surface area contributed by atoms with Crippen LogP contribution in [0.15, 0.2) is 78.9 Å². The number of carbonyl (C=O) groups excluding carboxylic acids is 2. The fraction of sp³-hybridized carbons (Fsp3) is 0.355. The number of anilines is 1. The molecular weight excluding hydrogens is 464 g/mol. The van der Waals surface area contributed by atoms with Crippen molar-refractivity contribution < 1.29 is 19.1 Å². The lowest BCUT2D eigenvalue weighted by Gasteiger charge is -2.41. The largest absolute Gasteiger partial charge is 0.480 e. The predicted octanol–water partition coefficient (Wildman–Crippen LogP) is 6.69. The van der Waals surface area contributed by atoms with Gasteiger partial charge in [-0.05, 0) is 54.0 Å². The Morgan fingerprint density at radius 2 is 1.51 bits per heavy atom. The quantitative estimate of drug-likeness (QED) is 0.385. The topological polar surface area (TPSA) is 67.9 Å². The van der Waals surface area contributed by atoms with Gasteiger partial charge in [-0.3, -0.25) is 0 Å². The highest BCUT2D eigenvalue weighted by molar-refractivity contribution is 5.96. The van der Waals surface area contributed by atoms with Crippen molar-refractivity contribution in [3.05, 3.63) is 95.6 Å². The van der Waals surface area contributed by atoms with E-state index in [-0.39, 0.29) is 11.6 Å². The summed E-state index contributed by atoms with van der Waals surface area (Å²) in [4.78, 5) is 27.8. The molecule has 192 valence electrons. The minimum atomic E-state index is -0.519. The fourth-order valence-electron chi connectivity index (χ4n) is 5.68. The molecule has 6 nitrogen and oxygen atoms in total. The van der Waals surface area contributed by atoms with Gasteiger partial charge in [0, 0.05) is 18.8 Å². The van der Waals surface area contributed by atoms with Gasteiger partial charge in [-0.25, -0.2) is 9.59 Å². The van der Waals surface area contributed by atoms with Crippen LogP contribution in [-0.2, 0) is 4.74 Å². The van der Waals surface area contributed by atoms with Gasteiger partial charge in [-0.2, -0.15) is 0 Å². The first-order chi connectivity index (χ1) is 18.1. The van der Waals surface area contributed by atoms with Crippen LogP contribution in [0.5, 0.6) is 5.75 Å². The van der Waals surface area contributed by atoms with Crippen LogP contribution in [0.4, 0.5) is 10.5 Å². The van der Waals surface area contributed by atoms with E-state index in [0.29, 0.717) is 17.4 Å². The number of hydrogen-bond donors (Lipinski definition) is 1. The summed E-state index contributed by atoms with van der Waals surface area (Å²) >= 11 is 0. The Morgan fingerprint density at radius 1 is 0.865 bits per heavy atom. The van der Waals surface area contributed by atoms with Crippen molar-refractivity contribution in [2.45, 2.75) is 38.2 Å². The van der Waals surface area contributed by atoms with Crippen molar-refractivity contribution in [2.75, 3.05) is 25.5 Å². The number of esters is 1. The number of amides is 2. The van der Waals surface area contributed by atoms with Gasteiger partial charge >= 0.3 is 12.0 Å². The van der Waals surface area contributed by atoms with E-state index >= 15 is 0 Å². The maximum absolute atomic E-state index is 13.1. The molecule has 1 saturated carbocycles. The van der Waals surface area contributed by atoms with Crippen molar-refractivity contribution >= 4 is 17.7 Å². The Bertz CT molecular complexity index is 1170. The average Bonchev–Trinajstić information content (AvgIpc) is 2.96. The molecule has 0 bridgehead atoms. The minimum Gasteiger partial charge on any atom is -0.480 e. The number of fused-ring (bicyclic) bond motifs is 1. The monoisotopic (exact) mass is 498 g/mol. The van der Waals surface area contributed by atoms with Gasteiger partial charge in [0.1, 0.15) is 17.4 Å². The number of rotatable bonds is 6. The minimum absolute atomic E-state index is 0.125. The van der Waals surface area contributed by atoms with Gasteiger partial charge in [0.05, 0.1) is 7.11 Å². The van der Waals surface area contributed by atoms with E-state index in [1.807, 2.05) is 65.6 Å². The Hall–Kier alpha value is -3.80. The number of nitrogens with zero attached hydrogens (tertiary/aromatic N) is 1. The third-order valence-corrected chi connectivity index (χ3v) is 7.66. The van der Waals surface area contributed by atoms with Crippen molar-refractivity contribution in [1.29, 1.82) is 0 Å². The predicted molar refractivity (Wildman–Crippen MR) is 144 cm³/mol. The number of benzene rings is 3. The zero-order valence-corrected chi connectivity index (χ0v) is 21.3. The Kier molecular flexibility index (Phi) is 7.73. The maximum Gasteiger partial charge on any atom is 0.341 e. The third kappa shape index (κ3) is 5.79. The molecule has 3 aromatic rings. The van der Waals surface area contributed by atoms with Crippen LogP contribution in [0.3, 0.4) is 0 Å². The highest BCUT2D eigenvalue weighted by Gasteiger charge is 2.33. The van der Waals surface area contributed by atoms with E-state index in [9.17, 15) is 9.59 Å². The van der Waals surface area contributed by atoms with Gasteiger partial charge in [0.25, 0.3) is 0 Å². The Balaban J connectivity index is 1.37. The van der Waals surface area contributed by atoms with E-state index in [4.69, 9.17) is 9.47 Å². The highest BCUT2D eigenvalue weighted by Crippen LogP contribution is 2.36. The molecule has 6 heteroatoms. The number of methoxy groups -OCH3 is 1. The van der Waals surface area contributed by atoms with Crippen LogP contribution in [0.2, 0.25) is 0 Å². The SMILES string of the molecule is COC(=O)c1cc(NC(=O)N2CCC3CCCCC3C2)ccc1OC(c1ccccc1)c1ccccc1. The highest BCUT2D eigenvalue weighted by atomic mass is 16.5. The maximum atomic E-state index is 13.1. The average molecular weight is 499 g/mol. The second-order valence-electron chi connectivity index (χ2n) is 9.99. The zero-order chi connectivity index (χ0) is 25.6. The van der Waals surface area contributed by atoms with E-state index in [1.54, 1.807) is 18.2 Å². The number of urea groups is 1. The Labute approximate surface area is 218 Å². The summed E-state index contributed by atoms with van der Waals surface area (Å²) < 4.78 is 11.5. The molecule has 2 fully saturated rings. The molecule has 3 aromatic carbocycles. The summed E-state index contributed by atoms with van der Waals surface area (Å²) in [5.74, 6) is 1.23. The molecule has 0 aromatic heterocycles. The van der Waals surface area contributed by atoms with E-state index in [0.717, 1.165) is 36.6 Å². The number of piperidine rings is 1. The molecule has 1 N–H and O–H groups in total. The fourth-order valence-corrected chi connectivity index (χ4v) is 5.68. The smallest absolute Gasteiger partial charge is 0.341 e. The summed E-state index contributed by atoms with van der Waals surface area (Å²) in [6.07, 6.45) is 5.72. The van der Waals surface area contributed by atoms with Crippen LogP contribution < -0.4 is 10.1 Å². The molecule has 1 aliphatic carbocycles. The number of ether oxygens (including phenoxy) is 2. The molecule has 1 saturated heterocycles. The lowest BCUT2D eigenvalue weighted by atomic mass is 9.75. The second-order valence-corrected chi connectivity index (χ2v) is 9.99. The molecule has 2 unspecified atom stereocenters. The van der Waals surface area contributed by atoms with Gasteiger partial charge in [0.2, 0.25) is 0 Å². The van der Waals surface area contributed by atoms with Crippen molar-refractivity contribution in [2.24, 2.45) is 11.8 Å².